The van der Waals surface area contributed by atoms with Crippen LogP contribution in [0.3, 0.4) is 0 Å². The molecule has 2 aromatic carbocycles. The molecule has 1 saturated heterocycles. The highest BCUT2D eigenvalue weighted by molar-refractivity contribution is 5.99. The predicted octanol–water partition coefficient (Wildman–Crippen LogP) is 3.94. The van der Waals surface area contributed by atoms with Crippen molar-refractivity contribution in [3.8, 4) is 11.1 Å². The summed E-state index contributed by atoms with van der Waals surface area (Å²) in [5.41, 5.74) is 5.10. The van der Waals surface area contributed by atoms with Gasteiger partial charge in [-0.2, -0.15) is 0 Å². The zero-order chi connectivity index (χ0) is 19.8. The molecule has 3 rings (SSSR count). The molecular formula is C22H26O5. The van der Waals surface area contributed by atoms with Gasteiger partial charge < -0.3 is 19.3 Å². The van der Waals surface area contributed by atoms with Crippen LogP contribution in [0.5, 0.6) is 0 Å². The summed E-state index contributed by atoms with van der Waals surface area (Å²) in [6.45, 7) is 7.44. The second-order valence-corrected chi connectivity index (χ2v) is 7.40. The lowest BCUT2D eigenvalue weighted by atomic mass is 9.91. The number of carbonyl (C=O) groups is 1. The number of aryl methyl sites for hydroxylation is 2. The summed E-state index contributed by atoms with van der Waals surface area (Å²) >= 11 is 0. The molecule has 1 N–H and O–H groups in total. The average Bonchev–Trinajstić information content (AvgIpc) is 2.95. The van der Waals surface area contributed by atoms with Crippen LogP contribution < -0.4 is 0 Å². The van der Waals surface area contributed by atoms with Crippen molar-refractivity contribution in [2.24, 2.45) is 0 Å². The van der Waals surface area contributed by atoms with Crippen molar-refractivity contribution < 1.29 is 24.1 Å². The van der Waals surface area contributed by atoms with Gasteiger partial charge in [0.15, 0.2) is 5.79 Å². The van der Waals surface area contributed by atoms with Gasteiger partial charge in [0.05, 0.1) is 19.3 Å². The van der Waals surface area contributed by atoms with E-state index in [-0.39, 0.29) is 18.7 Å². The van der Waals surface area contributed by atoms with Crippen molar-refractivity contribution in [3.63, 3.8) is 0 Å². The number of hydrogen-bond donors (Lipinski definition) is 1. The van der Waals surface area contributed by atoms with Crippen LogP contribution in [0.25, 0.3) is 11.1 Å². The molecule has 1 heterocycles. The number of ether oxygens (including phenoxy) is 3. The van der Waals surface area contributed by atoms with Gasteiger partial charge >= 0.3 is 5.97 Å². The largest absolute Gasteiger partial charge is 0.465 e. The molecule has 0 saturated carbocycles. The lowest BCUT2D eigenvalue weighted by Crippen LogP contribution is -2.23. The maximum absolute atomic E-state index is 12.4. The van der Waals surface area contributed by atoms with E-state index in [1.54, 1.807) is 0 Å². The van der Waals surface area contributed by atoms with Crippen LogP contribution in [-0.2, 0) is 14.2 Å². The third-order valence-electron chi connectivity index (χ3n) is 4.76. The molecule has 2 aromatic rings. The van der Waals surface area contributed by atoms with Crippen molar-refractivity contribution in [2.45, 2.75) is 45.7 Å². The van der Waals surface area contributed by atoms with Crippen LogP contribution in [0.4, 0.5) is 0 Å². The van der Waals surface area contributed by atoms with E-state index in [4.69, 9.17) is 14.2 Å². The molecule has 1 fully saturated rings. The minimum absolute atomic E-state index is 0.130. The number of benzene rings is 2. The molecular weight excluding hydrogens is 344 g/mol. The number of hydrogen-bond acceptors (Lipinski definition) is 5. The maximum atomic E-state index is 12.4. The van der Waals surface area contributed by atoms with Gasteiger partial charge in [0.2, 0.25) is 0 Å². The van der Waals surface area contributed by atoms with Crippen LogP contribution in [0.2, 0.25) is 0 Å². The molecule has 0 unspecified atom stereocenters. The van der Waals surface area contributed by atoms with Crippen LogP contribution in [0, 0.1) is 13.8 Å². The highest BCUT2D eigenvalue weighted by Crippen LogP contribution is 2.39. The van der Waals surface area contributed by atoms with Gasteiger partial charge in [0, 0.05) is 0 Å². The molecule has 5 nitrogen and oxygen atoms in total. The van der Waals surface area contributed by atoms with E-state index in [0.717, 1.165) is 27.8 Å². The molecule has 0 aliphatic carbocycles. The van der Waals surface area contributed by atoms with E-state index in [9.17, 15) is 9.90 Å². The van der Waals surface area contributed by atoms with Crippen LogP contribution in [-0.4, -0.2) is 36.7 Å². The van der Waals surface area contributed by atoms with Crippen molar-refractivity contribution >= 4 is 5.97 Å². The summed E-state index contributed by atoms with van der Waals surface area (Å²) in [4.78, 5) is 12.4. The Morgan fingerprint density at radius 2 is 1.93 bits per heavy atom. The fraction of sp³-hybridized carbons (Fsp3) is 0.409. The van der Waals surface area contributed by atoms with Gasteiger partial charge in [-0.15, -0.1) is 0 Å². The molecule has 27 heavy (non-hydrogen) atoms. The van der Waals surface area contributed by atoms with Crippen molar-refractivity contribution in [1.29, 1.82) is 0 Å². The average molecular weight is 370 g/mol. The summed E-state index contributed by atoms with van der Waals surface area (Å²) in [5, 5.41) is 9.67. The molecule has 1 aliphatic rings. The van der Waals surface area contributed by atoms with Gasteiger partial charge in [-0.05, 0) is 56.0 Å². The third-order valence-corrected chi connectivity index (χ3v) is 4.76. The number of aliphatic hydroxyl groups is 1. The van der Waals surface area contributed by atoms with Gasteiger partial charge in [0.1, 0.15) is 12.2 Å². The number of aliphatic hydroxyl groups excluding tert-OH is 1. The third kappa shape index (κ3) is 3.90. The van der Waals surface area contributed by atoms with Gasteiger partial charge in [-0.3, -0.25) is 0 Å². The number of methoxy groups -OCH3 is 1. The zero-order valence-corrected chi connectivity index (χ0v) is 16.4. The molecule has 1 aliphatic heterocycles. The Bertz CT molecular complexity index is 856. The Labute approximate surface area is 159 Å². The summed E-state index contributed by atoms with van der Waals surface area (Å²) < 4.78 is 16.8. The normalized spacial score (nSPS) is 21.3. The second kappa shape index (κ2) is 7.43. The van der Waals surface area contributed by atoms with E-state index in [1.165, 1.54) is 7.11 Å². The fourth-order valence-corrected chi connectivity index (χ4v) is 3.70. The molecule has 2 atom stereocenters. The Kier molecular flexibility index (Phi) is 5.38. The zero-order valence-electron chi connectivity index (χ0n) is 16.4. The number of rotatable bonds is 4. The highest BCUT2D eigenvalue weighted by atomic mass is 16.8. The van der Waals surface area contributed by atoms with E-state index in [1.807, 2.05) is 64.1 Å². The van der Waals surface area contributed by atoms with E-state index in [2.05, 4.69) is 0 Å². The smallest absolute Gasteiger partial charge is 0.338 e. The first-order valence-corrected chi connectivity index (χ1v) is 9.02. The monoisotopic (exact) mass is 370 g/mol. The SMILES string of the molecule is COC(=O)c1c(C)cc(C)cc1-c1cccc([C@H]2OC(C)(C)O[C@@H]2CO)c1. The lowest BCUT2D eigenvalue weighted by molar-refractivity contribution is -0.149. The highest BCUT2D eigenvalue weighted by Gasteiger charge is 2.41. The van der Waals surface area contributed by atoms with Crippen LogP contribution in [0.1, 0.15) is 47.0 Å². The van der Waals surface area contributed by atoms with Crippen molar-refractivity contribution in [1.82, 2.24) is 0 Å². The first-order valence-electron chi connectivity index (χ1n) is 9.02. The minimum atomic E-state index is -0.759. The molecule has 0 amide bonds. The minimum Gasteiger partial charge on any atom is -0.465 e. The maximum Gasteiger partial charge on any atom is 0.338 e. The van der Waals surface area contributed by atoms with Gasteiger partial charge in [0.25, 0.3) is 0 Å². The Hall–Kier alpha value is -2.21. The number of esters is 1. The summed E-state index contributed by atoms with van der Waals surface area (Å²) in [5.74, 6) is -1.12. The van der Waals surface area contributed by atoms with E-state index < -0.39 is 11.9 Å². The van der Waals surface area contributed by atoms with Gasteiger partial charge in [-0.1, -0.05) is 35.9 Å². The fourth-order valence-electron chi connectivity index (χ4n) is 3.70. The predicted molar refractivity (Wildman–Crippen MR) is 103 cm³/mol. The van der Waals surface area contributed by atoms with Crippen molar-refractivity contribution in [3.05, 3.63) is 58.7 Å². The second-order valence-electron chi connectivity index (χ2n) is 7.40. The first-order chi connectivity index (χ1) is 12.8. The molecule has 0 radical (unpaired) electrons. The summed E-state index contributed by atoms with van der Waals surface area (Å²) in [6.07, 6.45) is -0.813. The molecule has 5 heteroatoms. The van der Waals surface area contributed by atoms with Crippen LogP contribution in [0.15, 0.2) is 36.4 Å². The summed E-state index contributed by atoms with van der Waals surface area (Å²) in [7, 11) is 1.39. The number of carbonyl (C=O) groups excluding carboxylic acids is 1. The molecule has 0 aromatic heterocycles. The molecule has 144 valence electrons. The Morgan fingerprint density at radius 1 is 1.19 bits per heavy atom. The quantitative estimate of drug-likeness (QED) is 0.826. The topological polar surface area (TPSA) is 65.0 Å². The lowest BCUT2D eigenvalue weighted by Gasteiger charge is -2.18. The molecule has 0 bridgehead atoms. The van der Waals surface area contributed by atoms with Crippen LogP contribution >= 0.6 is 0 Å². The van der Waals surface area contributed by atoms with E-state index >= 15 is 0 Å². The standard InChI is InChI=1S/C22H26O5/c1-13-9-14(2)19(21(24)25-5)17(10-13)15-7-6-8-16(11-15)20-18(12-23)26-22(3,4)27-20/h6-11,18,20,23H,12H2,1-5H3/t18-,20-/m1/s1. The first kappa shape index (κ1) is 19.5. The molecule has 0 spiro atoms. The van der Waals surface area contributed by atoms with Gasteiger partial charge in [-0.25, -0.2) is 4.79 Å². The summed E-state index contributed by atoms with van der Waals surface area (Å²) in [6, 6.07) is 11.8. The van der Waals surface area contributed by atoms with E-state index in [0.29, 0.717) is 5.56 Å². The van der Waals surface area contributed by atoms with Crippen molar-refractivity contribution in [2.75, 3.05) is 13.7 Å². The Balaban J connectivity index is 2.08. The Morgan fingerprint density at radius 3 is 2.59 bits per heavy atom.